The minimum absolute atomic E-state index is 0.504. The van der Waals surface area contributed by atoms with E-state index in [9.17, 15) is 0 Å². The van der Waals surface area contributed by atoms with E-state index in [2.05, 4.69) is 46.1 Å². The normalized spacial score (nSPS) is 19.0. The van der Waals surface area contributed by atoms with Gasteiger partial charge in [-0.3, -0.25) is 4.90 Å². The van der Waals surface area contributed by atoms with E-state index in [4.69, 9.17) is 0 Å². The molecule has 1 N–H and O–H groups in total. The molecule has 0 amide bonds. The second-order valence-electron chi connectivity index (χ2n) is 7.87. The number of aryl methyl sites for hydroxylation is 1. The third-order valence-corrected chi connectivity index (χ3v) is 5.67. The molecule has 0 bridgehead atoms. The largest absolute Gasteiger partial charge is 0.345 e. The van der Waals surface area contributed by atoms with Crippen molar-refractivity contribution in [3.8, 4) is 0 Å². The summed E-state index contributed by atoms with van der Waals surface area (Å²) in [5.41, 5.74) is 1.13. The molecule has 0 radical (unpaired) electrons. The number of rotatable bonds is 6. The second kappa shape index (κ2) is 6.92. The van der Waals surface area contributed by atoms with Gasteiger partial charge in [-0.2, -0.15) is 0 Å². The summed E-state index contributed by atoms with van der Waals surface area (Å²) in [6, 6.07) is 0.595. The zero-order valence-electron chi connectivity index (χ0n) is 15.8. The van der Waals surface area contributed by atoms with Crippen LogP contribution in [0.3, 0.4) is 0 Å². The molecule has 8 heteroatoms. The SMILES string of the molecule is Cc1cnc(CN2CCC(c3nnc(Cn4ccnc4)n3C3CC3)CC2)[nH]1. The molecule has 0 atom stereocenters. The average Bonchev–Trinajstić information content (AvgIpc) is 3.05. The van der Waals surface area contributed by atoms with E-state index < -0.39 is 0 Å². The summed E-state index contributed by atoms with van der Waals surface area (Å²) in [5.74, 6) is 3.83. The zero-order chi connectivity index (χ0) is 18.2. The maximum Gasteiger partial charge on any atom is 0.153 e. The van der Waals surface area contributed by atoms with Crippen LogP contribution >= 0.6 is 0 Å². The Hall–Kier alpha value is -2.48. The zero-order valence-corrected chi connectivity index (χ0v) is 15.8. The van der Waals surface area contributed by atoms with Gasteiger partial charge in [-0.25, -0.2) is 9.97 Å². The summed E-state index contributed by atoms with van der Waals surface area (Å²) in [6.45, 7) is 5.87. The maximum absolute atomic E-state index is 4.64. The number of imidazole rings is 2. The highest BCUT2D eigenvalue weighted by molar-refractivity contribution is 5.09. The van der Waals surface area contributed by atoms with E-state index in [0.29, 0.717) is 12.0 Å². The first-order valence-corrected chi connectivity index (χ1v) is 9.88. The highest BCUT2D eigenvalue weighted by Gasteiger charge is 2.33. The topological polar surface area (TPSA) is 80.4 Å². The van der Waals surface area contributed by atoms with Crippen LogP contribution in [0.25, 0.3) is 0 Å². The lowest BCUT2D eigenvalue weighted by Crippen LogP contribution is -2.33. The van der Waals surface area contributed by atoms with Gasteiger partial charge in [0.05, 0.1) is 19.4 Å². The van der Waals surface area contributed by atoms with E-state index >= 15 is 0 Å². The molecule has 3 aromatic heterocycles. The minimum atomic E-state index is 0.504. The third kappa shape index (κ3) is 3.53. The number of nitrogens with one attached hydrogen (secondary N) is 1. The number of hydrogen-bond donors (Lipinski definition) is 1. The van der Waals surface area contributed by atoms with E-state index in [1.165, 1.54) is 18.7 Å². The Morgan fingerprint density at radius 2 is 1.96 bits per heavy atom. The van der Waals surface area contributed by atoms with E-state index in [1.54, 1.807) is 0 Å². The van der Waals surface area contributed by atoms with Crippen LogP contribution in [0.1, 0.15) is 60.8 Å². The fraction of sp³-hybridized carbons (Fsp3) is 0.579. The number of likely N-dealkylation sites (tertiary alicyclic amines) is 1. The van der Waals surface area contributed by atoms with Crippen molar-refractivity contribution >= 4 is 0 Å². The van der Waals surface area contributed by atoms with Gasteiger partial charge in [-0.1, -0.05) is 0 Å². The molecule has 0 aromatic carbocycles. The number of piperidine rings is 1. The molecule has 1 aliphatic carbocycles. The van der Waals surface area contributed by atoms with Crippen LogP contribution in [-0.2, 0) is 13.1 Å². The number of aromatic nitrogens is 7. The maximum atomic E-state index is 4.64. The predicted octanol–water partition coefficient (Wildman–Crippen LogP) is 2.27. The number of H-pyrrole nitrogens is 1. The van der Waals surface area contributed by atoms with E-state index in [0.717, 1.165) is 56.4 Å². The lowest BCUT2D eigenvalue weighted by molar-refractivity contribution is 0.196. The molecule has 3 aromatic rings. The number of nitrogens with zero attached hydrogens (tertiary/aromatic N) is 7. The van der Waals surface area contributed by atoms with Crippen LogP contribution in [0.15, 0.2) is 24.9 Å². The fourth-order valence-electron chi connectivity index (χ4n) is 4.11. The molecule has 27 heavy (non-hydrogen) atoms. The van der Waals surface area contributed by atoms with Crippen molar-refractivity contribution in [2.45, 2.75) is 57.7 Å². The van der Waals surface area contributed by atoms with Gasteiger partial charge in [0, 0.05) is 36.2 Å². The van der Waals surface area contributed by atoms with Crippen LogP contribution in [0.2, 0.25) is 0 Å². The molecule has 0 spiro atoms. The first-order chi connectivity index (χ1) is 13.3. The molecule has 1 saturated heterocycles. The number of hydrogen-bond acceptors (Lipinski definition) is 5. The Labute approximate surface area is 158 Å². The summed E-state index contributed by atoms with van der Waals surface area (Å²) in [4.78, 5) is 14.4. The highest BCUT2D eigenvalue weighted by atomic mass is 15.3. The van der Waals surface area contributed by atoms with Gasteiger partial charge in [-0.15, -0.1) is 10.2 Å². The summed E-state index contributed by atoms with van der Waals surface area (Å²) >= 11 is 0. The summed E-state index contributed by atoms with van der Waals surface area (Å²) < 4.78 is 4.50. The molecule has 1 saturated carbocycles. The predicted molar refractivity (Wildman–Crippen MR) is 100 cm³/mol. The standard InChI is InChI=1S/C19H26N8/c1-14-10-21-17(22-14)11-25-7-4-15(5-8-25)19-24-23-18(27(19)16-2-3-16)12-26-9-6-20-13-26/h6,9-10,13,15-16H,2-5,7-8,11-12H2,1H3,(H,21,22). The van der Waals surface area contributed by atoms with Gasteiger partial charge in [0.2, 0.25) is 0 Å². The molecule has 2 aliphatic rings. The smallest absolute Gasteiger partial charge is 0.153 e. The molecule has 0 unspecified atom stereocenters. The van der Waals surface area contributed by atoms with Crippen molar-refractivity contribution in [3.05, 3.63) is 48.1 Å². The van der Waals surface area contributed by atoms with Crippen molar-refractivity contribution in [2.24, 2.45) is 0 Å². The molecular weight excluding hydrogens is 340 g/mol. The van der Waals surface area contributed by atoms with Crippen LogP contribution in [0.5, 0.6) is 0 Å². The Bertz CT molecular complexity index is 881. The summed E-state index contributed by atoms with van der Waals surface area (Å²) in [6.07, 6.45) is 12.3. The number of aromatic amines is 1. The van der Waals surface area contributed by atoms with Crippen molar-refractivity contribution in [1.29, 1.82) is 0 Å². The van der Waals surface area contributed by atoms with Crippen molar-refractivity contribution in [1.82, 2.24) is 39.2 Å². The molecule has 2 fully saturated rings. The molecule has 4 heterocycles. The van der Waals surface area contributed by atoms with Crippen molar-refractivity contribution in [3.63, 3.8) is 0 Å². The van der Waals surface area contributed by atoms with Crippen LogP contribution in [-0.4, -0.2) is 52.3 Å². The highest BCUT2D eigenvalue weighted by Crippen LogP contribution is 2.40. The molecule has 142 valence electrons. The van der Waals surface area contributed by atoms with Gasteiger partial charge >= 0.3 is 0 Å². The van der Waals surface area contributed by atoms with Crippen LogP contribution in [0.4, 0.5) is 0 Å². The van der Waals surface area contributed by atoms with E-state index in [1.807, 2.05) is 24.9 Å². The Kier molecular flexibility index (Phi) is 4.27. The fourth-order valence-corrected chi connectivity index (χ4v) is 4.11. The minimum Gasteiger partial charge on any atom is -0.345 e. The molecular formula is C19H26N8. The first kappa shape index (κ1) is 16.7. The lowest BCUT2D eigenvalue weighted by atomic mass is 9.96. The Morgan fingerprint density at radius 1 is 1.11 bits per heavy atom. The van der Waals surface area contributed by atoms with Crippen LogP contribution in [0, 0.1) is 6.92 Å². The van der Waals surface area contributed by atoms with E-state index in [-0.39, 0.29) is 0 Å². The van der Waals surface area contributed by atoms with Gasteiger partial charge in [0.15, 0.2) is 5.82 Å². The van der Waals surface area contributed by atoms with Crippen molar-refractivity contribution < 1.29 is 0 Å². The van der Waals surface area contributed by atoms with Gasteiger partial charge in [0.25, 0.3) is 0 Å². The monoisotopic (exact) mass is 366 g/mol. The summed E-state index contributed by atoms with van der Waals surface area (Å²) in [5, 5.41) is 9.19. The van der Waals surface area contributed by atoms with Gasteiger partial charge < -0.3 is 14.1 Å². The first-order valence-electron chi connectivity index (χ1n) is 9.88. The van der Waals surface area contributed by atoms with Gasteiger partial charge in [0.1, 0.15) is 11.6 Å². The lowest BCUT2D eigenvalue weighted by Gasteiger charge is -2.31. The van der Waals surface area contributed by atoms with Crippen LogP contribution < -0.4 is 0 Å². The second-order valence-corrected chi connectivity index (χ2v) is 7.87. The Balaban J connectivity index is 1.27. The molecule has 5 rings (SSSR count). The molecule has 1 aliphatic heterocycles. The Morgan fingerprint density at radius 3 is 2.63 bits per heavy atom. The van der Waals surface area contributed by atoms with Gasteiger partial charge in [-0.05, 0) is 45.7 Å². The molecule has 8 nitrogen and oxygen atoms in total. The van der Waals surface area contributed by atoms with Crippen molar-refractivity contribution in [2.75, 3.05) is 13.1 Å². The quantitative estimate of drug-likeness (QED) is 0.724. The average molecular weight is 366 g/mol. The third-order valence-electron chi connectivity index (χ3n) is 5.67. The summed E-state index contributed by atoms with van der Waals surface area (Å²) in [7, 11) is 0.